The van der Waals surface area contributed by atoms with Crippen molar-refractivity contribution in [1.82, 2.24) is 4.90 Å². The summed E-state index contributed by atoms with van der Waals surface area (Å²) in [4.78, 5) is 27.8. The zero-order valence-corrected chi connectivity index (χ0v) is 15.1. The van der Waals surface area contributed by atoms with Gasteiger partial charge >= 0.3 is 0 Å². The maximum Gasteiger partial charge on any atom is 0.292 e. The van der Waals surface area contributed by atoms with Crippen LogP contribution in [0.5, 0.6) is 0 Å². The molecule has 1 heterocycles. The molecule has 1 saturated heterocycles. The lowest BCUT2D eigenvalue weighted by atomic mass is 10.1. The zero-order chi connectivity index (χ0) is 18.7. The first-order chi connectivity index (χ1) is 12.5. The van der Waals surface area contributed by atoms with Gasteiger partial charge in [0.05, 0.1) is 4.92 Å². The highest BCUT2D eigenvalue weighted by molar-refractivity contribution is 7.84. The Bertz CT molecular complexity index is 846. The van der Waals surface area contributed by atoms with Crippen LogP contribution in [-0.2, 0) is 10.8 Å². The number of rotatable bonds is 4. The summed E-state index contributed by atoms with van der Waals surface area (Å²) in [5.41, 5.74) is 1.22. The van der Waals surface area contributed by atoms with E-state index in [9.17, 15) is 19.1 Å². The number of hydrogen-bond acceptors (Lipinski definition) is 5. The third-order valence-electron chi connectivity index (χ3n) is 4.42. The first-order valence-corrected chi connectivity index (χ1v) is 9.74. The van der Waals surface area contributed by atoms with Crippen LogP contribution in [0.4, 0.5) is 11.4 Å². The Hall–Kier alpha value is -2.74. The summed E-state index contributed by atoms with van der Waals surface area (Å²) in [7, 11) is -1.07. The van der Waals surface area contributed by atoms with Gasteiger partial charge in [-0.15, -0.1) is 0 Å². The predicted molar refractivity (Wildman–Crippen MR) is 100.0 cm³/mol. The monoisotopic (exact) mass is 373 g/mol. The molecule has 0 aliphatic carbocycles. The molecule has 1 aliphatic rings. The molecule has 1 fully saturated rings. The van der Waals surface area contributed by atoms with Crippen molar-refractivity contribution in [2.75, 3.05) is 37.3 Å². The van der Waals surface area contributed by atoms with Gasteiger partial charge in [0.2, 0.25) is 0 Å². The van der Waals surface area contributed by atoms with E-state index < -0.39 is 10.8 Å². The van der Waals surface area contributed by atoms with Crippen LogP contribution >= 0.6 is 0 Å². The molecule has 1 unspecified atom stereocenters. The molecule has 7 nitrogen and oxygen atoms in total. The standard InChI is InChI=1S/C18H19N3O4S/c1-26(25)15-8-6-14(7-9-15)18(22)20-12-10-19(11-13-20)16-4-2-3-5-17(16)21(23)24/h2-9H,10-13H2,1H3. The Kier molecular flexibility index (Phi) is 5.32. The zero-order valence-electron chi connectivity index (χ0n) is 14.3. The molecule has 0 saturated carbocycles. The number of nitro groups is 1. The van der Waals surface area contributed by atoms with Gasteiger partial charge in [0, 0.05) is 59.8 Å². The second-order valence-corrected chi connectivity index (χ2v) is 7.38. The van der Waals surface area contributed by atoms with Gasteiger partial charge in [0.1, 0.15) is 5.69 Å². The lowest BCUT2D eigenvalue weighted by Crippen LogP contribution is -2.48. The van der Waals surface area contributed by atoms with Gasteiger partial charge in [0.15, 0.2) is 0 Å². The number of hydrogen-bond donors (Lipinski definition) is 0. The summed E-state index contributed by atoms with van der Waals surface area (Å²) >= 11 is 0. The van der Waals surface area contributed by atoms with Crippen LogP contribution in [0.3, 0.4) is 0 Å². The molecule has 0 aromatic heterocycles. The third-order valence-corrected chi connectivity index (χ3v) is 5.36. The second-order valence-electron chi connectivity index (χ2n) is 6.00. The summed E-state index contributed by atoms with van der Waals surface area (Å²) in [5.74, 6) is -0.0827. The fourth-order valence-corrected chi connectivity index (χ4v) is 3.53. The van der Waals surface area contributed by atoms with E-state index in [4.69, 9.17) is 0 Å². The normalized spacial score (nSPS) is 15.6. The molecule has 1 atom stereocenters. The highest BCUT2D eigenvalue weighted by atomic mass is 32.2. The Morgan fingerprint density at radius 2 is 1.65 bits per heavy atom. The highest BCUT2D eigenvalue weighted by Gasteiger charge is 2.26. The van der Waals surface area contributed by atoms with Crippen molar-refractivity contribution in [1.29, 1.82) is 0 Å². The maximum atomic E-state index is 12.6. The van der Waals surface area contributed by atoms with Crippen molar-refractivity contribution in [3.8, 4) is 0 Å². The number of anilines is 1. The number of piperazine rings is 1. The first-order valence-electron chi connectivity index (χ1n) is 8.18. The average molecular weight is 373 g/mol. The van der Waals surface area contributed by atoms with Crippen molar-refractivity contribution in [2.45, 2.75) is 4.90 Å². The van der Waals surface area contributed by atoms with Crippen LogP contribution in [0, 0.1) is 10.1 Å². The van der Waals surface area contributed by atoms with Crippen molar-refractivity contribution in [3.63, 3.8) is 0 Å². The number of nitrogens with zero attached hydrogens (tertiary/aromatic N) is 3. The summed E-state index contributed by atoms with van der Waals surface area (Å²) in [6.07, 6.45) is 1.60. The molecule has 0 spiro atoms. The predicted octanol–water partition coefficient (Wildman–Crippen LogP) is 2.29. The Morgan fingerprint density at radius 1 is 1.04 bits per heavy atom. The minimum Gasteiger partial charge on any atom is -0.362 e. The summed E-state index contributed by atoms with van der Waals surface area (Å²) < 4.78 is 11.4. The van der Waals surface area contributed by atoms with Crippen molar-refractivity contribution in [3.05, 3.63) is 64.2 Å². The minimum absolute atomic E-state index is 0.0791. The molecular weight excluding hydrogens is 354 g/mol. The van der Waals surface area contributed by atoms with Gasteiger partial charge in [-0.25, -0.2) is 0 Å². The summed E-state index contributed by atoms with van der Waals surface area (Å²) in [6.45, 7) is 2.06. The van der Waals surface area contributed by atoms with Crippen LogP contribution in [0.1, 0.15) is 10.4 Å². The van der Waals surface area contributed by atoms with Crippen molar-refractivity contribution >= 4 is 28.1 Å². The maximum absolute atomic E-state index is 12.6. The quantitative estimate of drug-likeness (QED) is 0.606. The van der Waals surface area contributed by atoms with Gasteiger partial charge in [-0.1, -0.05) is 12.1 Å². The molecule has 0 N–H and O–H groups in total. The molecular formula is C18H19N3O4S. The molecule has 136 valence electrons. The van der Waals surface area contributed by atoms with Gasteiger partial charge < -0.3 is 9.80 Å². The van der Waals surface area contributed by atoms with E-state index in [1.807, 2.05) is 4.90 Å². The van der Waals surface area contributed by atoms with Crippen LogP contribution in [0.25, 0.3) is 0 Å². The third kappa shape index (κ3) is 3.75. The van der Waals surface area contributed by atoms with E-state index in [1.54, 1.807) is 53.6 Å². The lowest BCUT2D eigenvalue weighted by molar-refractivity contribution is -0.384. The Balaban J connectivity index is 1.68. The van der Waals surface area contributed by atoms with E-state index in [2.05, 4.69) is 0 Å². The number of para-hydroxylation sites is 2. The summed E-state index contributed by atoms with van der Waals surface area (Å²) in [6, 6.07) is 13.4. The summed E-state index contributed by atoms with van der Waals surface area (Å²) in [5, 5.41) is 11.2. The van der Waals surface area contributed by atoms with E-state index in [1.165, 1.54) is 6.07 Å². The van der Waals surface area contributed by atoms with Crippen molar-refractivity contribution < 1.29 is 13.9 Å². The number of benzene rings is 2. The SMILES string of the molecule is CS(=O)c1ccc(C(=O)N2CCN(c3ccccc3[N+](=O)[O-])CC2)cc1. The Labute approximate surface area is 153 Å². The number of nitro benzene ring substituents is 1. The van der Waals surface area contributed by atoms with E-state index >= 15 is 0 Å². The molecule has 2 aromatic rings. The molecule has 0 radical (unpaired) electrons. The molecule has 3 rings (SSSR count). The number of amides is 1. The van der Waals surface area contributed by atoms with E-state index in [0.29, 0.717) is 42.3 Å². The topological polar surface area (TPSA) is 83.8 Å². The molecule has 2 aromatic carbocycles. The first kappa shape index (κ1) is 18.1. The van der Waals surface area contributed by atoms with E-state index in [0.717, 1.165) is 0 Å². The smallest absolute Gasteiger partial charge is 0.292 e. The molecule has 8 heteroatoms. The molecule has 1 amide bonds. The van der Waals surface area contributed by atoms with Crippen LogP contribution in [0.2, 0.25) is 0 Å². The minimum atomic E-state index is -1.07. The van der Waals surface area contributed by atoms with Gasteiger partial charge in [-0.2, -0.15) is 0 Å². The number of carbonyl (C=O) groups excluding carboxylic acids is 1. The Morgan fingerprint density at radius 3 is 2.23 bits per heavy atom. The molecule has 1 aliphatic heterocycles. The highest BCUT2D eigenvalue weighted by Crippen LogP contribution is 2.28. The van der Waals surface area contributed by atoms with Crippen LogP contribution < -0.4 is 4.90 Å². The van der Waals surface area contributed by atoms with E-state index in [-0.39, 0.29) is 16.5 Å². The van der Waals surface area contributed by atoms with Crippen LogP contribution in [0.15, 0.2) is 53.4 Å². The lowest BCUT2D eigenvalue weighted by Gasteiger charge is -2.35. The van der Waals surface area contributed by atoms with Crippen LogP contribution in [-0.4, -0.2) is 52.4 Å². The fourth-order valence-electron chi connectivity index (χ4n) is 3.01. The largest absolute Gasteiger partial charge is 0.362 e. The number of carbonyl (C=O) groups is 1. The average Bonchev–Trinajstić information content (AvgIpc) is 2.67. The molecule has 0 bridgehead atoms. The van der Waals surface area contributed by atoms with Gasteiger partial charge in [0.25, 0.3) is 11.6 Å². The van der Waals surface area contributed by atoms with Gasteiger partial charge in [-0.3, -0.25) is 19.1 Å². The van der Waals surface area contributed by atoms with Crippen molar-refractivity contribution in [2.24, 2.45) is 0 Å². The molecule has 26 heavy (non-hydrogen) atoms. The second kappa shape index (κ2) is 7.65. The fraction of sp³-hybridized carbons (Fsp3) is 0.278. The van der Waals surface area contributed by atoms with Gasteiger partial charge in [-0.05, 0) is 30.3 Å².